The van der Waals surface area contributed by atoms with E-state index in [1.54, 1.807) is 18.0 Å². The Morgan fingerprint density at radius 3 is 2.64 bits per heavy atom. The first-order valence-electron chi connectivity index (χ1n) is 7.19. The summed E-state index contributed by atoms with van der Waals surface area (Å²) in [6.07, 6.45) is -0.615. The van der Waals surface area contributed by atoms with Gasteiger partial charge in [-0.15, -0.1) is 0 Å². The van der Waals surface area contributed by atoms with Crippen molar-refractivity contribution in [2.45, 2.75) is 13.0 Å². The summed E-state index contributed by atoms with van der Waals surface area (Å²) in [6.45, 7) is 2.45. The van der Waals surface area contributed by atoms with E-state index in [-0.39, 0.29) is 12.5 Å². The molecule has 0 fully saturated rings. The molecular formula is C17H21N3O2. The average molecular weight is 299 g/mol. The summed E-state index contributed by atoms with van der Waals surface area (Å²) in [4.78, 5) is 18.0. The van der Waals surface area contributed by atoms with Crippen molar-refractivity contribution in [3.63, 3.8) is 0 Å². The quantitative estimate of drug-likeness (QED) is 0.856. The van der Waals surface area contributed by atoms with Crippen molar-refractivity contribution >= 4 is 11.7 Å². The molecule has 0 saturated heterocycles. The van der Waals surface area contributed by atoms with Crippen molar-refractivity contribution in [3.8, 4) is 0 Å². The SMILES string of the molecule is Cc1cccc(NC(=O)CN(C)CC(O)c2ccccc2)n1. The van der Waals surface area contributed by atoms with E-state index >= 15 is 0 Å². The van der Waals surface area contributed by atoms with Gasteiger partial charge in [-0.2, -0.15) is 0 Å². The zero-order valence-corrected chi connectivity index (χ0v) is 12.9. The number of aliphatic hydroxyl groups is 1. The second-order valence-electron chi connectivity index (χ2n) is 5.34. The van der Waals surface area contributed by atoms with Crippen LogP contribution in [0.1, 0.15) is 17.4 Å². The largest absolute Gasteiger partial charge is 0.387 e. The topological polar surface area (TPSA) is 65.5 Å². The Morgan fingerprint density at radius 1 is 1.23 bits per heavy atom. The molecule has 0 spiro atoms. The Balaban J connectivity index is 1.83. The van der Waals surface area contributed by atoms with Crippen molar-refractivity contribution in [2.75, 3.05) is 25.5 Å². The van der Waals surface area contributed by atoms with Crippen LogP contribution in [0.2, 0.25) is 0 Å². The lowest BCUT2D eigenvalue weighted by Crippen LogP contribution is -2.33. The van der Waals surface area contributed by atoms with Gasteiger partial charge in [0.1, 0.15) is 5.82 Å². The molecule has 0 radical (unpaired) electrons. The molecule has 2 N–H and O–H groups in total. The summed E-state index contributed by atoms with van der Waals surface area (Å²) < 4.78 is 0. The summed E-state index contributed by atoms with van der Waals surface area (Å²) >= 11 is 0. The van der Waals surface area contributed by atoms with Crippen LogP contribution in [0.15, 0.2) is 48.5 Å². The number of aliphatic hydroxyl groups excluding tert-OH is 1. The first kappa shape index (κ1) is 16.1. The number of aryl methyl sites for hydroxylation is 1. The van der Waals surface area contributed by atoms with Gasteiger partial charge in [-0.1, -0.05) is 36.4 Å². The molecule has 0 aliphatic carbocycles. The zero-order chi connectivity index (χ0) is 15.9. The number of aromatic nitrogens is 1. The van der Waals surface area contributed by atoms with Gasteiger partial charge in [0.25, 0.3) is 0 Å². The molecule has 0 aliphatic heterocycles. The normalized spacial score (nSPS) is 12.2. The molecule has 0 saturated carbocycles. The van der Waals surface area contributed by atoms with Crippen LogP contribution in [0.25, 0.3) is 0 Å². The number of nitrogens with one attached hydrogen (secondary N) is 1. The number of nitrogens with zero attached hydrogens (tertiary/aromatic N) is 2. The molecular weight excluding hydrogens is 278 g/mol. The molecule has 1 atom stereocenters. The second-order valence-corrected chi connectivity index (χ2v) is 5.34. The number of likely N-dealkylation sites (N-methyl/N-ethyl adjacent to an activating group) is 1. The molecule has 2 rings (SSSR count). The third kappa shape index (κ3) is 4.95. The minimum Gasteiger partial charge on any atom is -0.387 e. The number of pyridine rings is 1. The molecule has 1 unspecified atom stereocenters. The van der Waals surface area contributed by atoms with Gasteiger partial charge in [0.05, 0.1) is 12.6 Å². The summed E-state index contributed by atoms with van der Waals surface area (Å²) in [6, 6.07) is 14.9. The molecule has 1 aromatic carbocycles. The molecule has 22 heavy (non-hydrogen) atoms. The maximum absolute atomic E-state index is 12.0. The van der Waals surface area contributed by atoms with Crippen LogP contribution in [-0.2, 0) is 4.79 Å². The van der Waals surface area contributed by atoms with E-state index in [1.165, 1.54) is 0 Å². The minimum absolute atomic E-state index is 0.152. The maximum Gasteiger partial charge on any atom is 0.239 e. The molecule has 1 aromatic heterocycles. The lowest BCUT2D eigenvalue weighted by atomic mass is 10.1. The Kier molecular flexibility index (Phi) is 5.63. The van der Waals surface area contributed by atoms with Gasteiger partial charge in [-0.3, -0.25) is 9.69 Å². The second kappa shape index (κ2) is 7.68. The molecule has 2 aromatic rings. The summed E-state index contributed by atoms with van der Waals surface area (Å²) in [5, 5.41) is 12.9. The van der Waals surface area contributed by atoms with Crippen LogP contribution in [-0.4, -0.2) is 41.0 Å². The smallest absolute Gasteiger partial charge is 0.239 e. The number of rotatable bonds is 6. The Morgan fingerprint density at radius 2 is 1.95 bits per heavy atom. The molecule has 0 bridgehead atoms. The lowest BCUT2D eigenvalue weighted by Gasteiger charge is -2.20. The average Bonchev–Trinajstić information content (AvgIpc) is 2.47. The highest BCUT2D eigenvalue weighted by atomic mass is 16.3. The van der Waals surface area contributed by atoms with Gasteiger partial charge in [0.15, 0.2) is 0 Å². The van der Waals surface area contributed by atoms with Gasteiger partial charge in [0.2, 0.25) is 5.91 Å². The lowest BCUT2D eigenvalue weighted by molar-refractivity contribution is -0.117. The van der Waals surface area contributed by atoms with Crippen LogP contribution in [0.4, 0.5) is 5.82 Å². The zero-order valence-electron chi connectivity index (χ0n) is 12.9. The Labute approximate surface area is 130 Å². The van der Waals surface area contributed by atoms with Crippen molar-refractivity contribution in [3.05, 3.63) is 59.8 Å². The first-order valence-corrected chi connectivity index (χ1v) is 7.19. The van der Waals surface area contributed by atoms with E-state index in [0.717, 1.165) is 11.3 Å². The predicted octanol–water partition coefficient (Wildman–Crippen LogP) is 1.99. The highest BCUT2D eigenvalue weighted by Crippen LogP contribution is 2.13. The standard InChI is InChI=1S/C17H21N3O2/c1-13-7-6-10-16(18-13)19-17(22)12-20(2)11-15(21)14-8-4-3-5-9-14/h3-10,15,21H,11-12H2,1-2H3,(H,18,19,22). The number of anilines is 1. The Bertz CT molecular complexity index is 616. The highest BCUT2D eigenvalue weighted by molar-refractivity contribution is 5.91. The number of amides is 1. The Hall–Kier alpha value is -2.24. The molecule has 5 nitrogen and oxygen atoms in total. The van der Waals surface area contributed by atoms with Crippen molar-refractivity contribution in [2.24, 2.45) is 0 Å². The number of benzene rings is 1. The fourth-order valence-corrected chi connectivity index (χ4v) is 2.18. The molecule has 5 heteroatoms. The van der Waals surface area contributed by atoms with Gasteiger partial charge in [0, 0.05) is 12.2 Å². The molecule has 116 valence electrons. The molecule has 0 aliphatic rings. The highest BCUT2D eigenvalue weighted by Gasteiger charge is 2.13. The van der Waals surface area contributed by atoms with Crippen LogP contribution < -0.4 is 5.32 Å². The molecule has 1 amide bonds. The third-order valence-electron chi connectivity index (χ3n) is 3.24. The van der Waals surface area contributed by atoms with E-state index < -0.39 is 6.10 Å². The van der Waals surface area contributed by atoms with Crippen molar-refractivity contribution < 1.29 is 9.90 Å². The van der Waals surface area contributed by atoms with Crippen LogP contribution in [0.3, 0.4) is 0 Å². The van der Waals surface area contributed by atoms with Crippen molar-refractivity contribution in [1.29, 1.82) is 0 Å². The predicted molar refractivity (Wildman–Crippen MR) is 86.5 cm³/mol. The van der Waals surface area contributed by atoms with Crippen LogP contribution >= 0.6 is 0 Å². The number of hydrogen-bond donors (Lipinski definition) is 2. The maximum atomic E-state index is 12.0. The molecule has 1 heterocycles. The van der Waals surface area contributed by atoms with E-state index in [9.17, 15) is 9.90 Å². The number of carbonyl (C=O) groups excluding carboxylic acids is 1. The van der Waals surface area contributed by atoms with E-state index in [4.69, 9.17) is 0 Å². The third-order valence-corrected chi connectivity index (χ3v) is 3.24. The monoisotopic (exact) mass is 299 g/mol. The van der Waals surface area contributed by atoms with Gasteiger partial charge in [-0.25, -0.2) is 4.98 Å². The van der Waals surface area contributed by atoms with Crippen LogP contribution in [0.5, 0.6) is 0 Å². The number of carbonyl (C=O) groups is 1. The first-order chi connectivity index (χ1) is 10.5. The number of hydrogen-bond acceptors (Lipinski definition) is 4. The van der Waals surface area contributed by atoms with Crippen LogP contribution in [0, 0.1) is 6.92 Å². The van der Waals surface area contributed by atoms with E-state index in [0.29, 0.717) is 12.4 Å². The van der Waals surface area contributed by atoms with Gasteiger partial charge < -0.3 is 10.4 Å². The van der Waals surface area contributed by atoms with E-state index in [1.807, 2.05) is 49.4 Å². The summed E-state index contributed by atoms with van der Waals surface area (Å²) in [5.74, 6) is 0.392. The van der Waals surface area contributed by atoms with Gasteiger partial charge >= 0.3 is 0 Å². The fraction of sp³-hybridized carbons (Fsp3) is 0.294. The summed E-state index contributed by atoms with van der Waals surface area (Å²) in [5.41, 5.74) is 1.70. The van der Waals surface area contributed by atoms with Crippen molar-refractivity contribution in [1.82, 2.24) is 9.88 Å². The minimum atomic E-state index is -0.615. The fourth-order valence-electron chi connectivity index (χ4n) is 2.18. The summed E-state index contributed by atoms with van der Waals surface area (Å²) in [7, 11) is 1.80. The van der Waals surface area contributed by atoms with E-state index in [2.05, 4.69) is 10.3 Å². The van der Waals surface area contributed by atoms with Gasteiger partial charge in [-0.05, 0) is 31.7 Å².